The summed E-state index contributed by atoms with van der Waals surface area (Å²) in [4.78, 5) is 2.57. The summed E-state index contributed by atoms with van der Waals surface area (Å²) in [6, 6.07) is 31.5. The minimum atomic E-state index is -0.166. The summed E-state index contributed by atoms with van der Waals surface area (Å²) in [5, 5.41) is 3.53. The van der Waals surface area contributed by atoms with Crippen LogP contribution in [0.3, 0.4) is 0 Å². The first-order chi connectivity index (χ1) is 18.3. The Hall–Kier alpha value is -2.54. The van der Waals surface area contributed by atoms with Gasteiger partial charge in [-0.15, -0.1) is 0 Å². The van der Waals surface area contributed by atoms with Crippen molar-refractivity contribution in [2.75, 3.05) is 26.2 Å². The van der Waals surface area contributed by atoms with Gasteiger partial charge < -0.3 is 19.5 Å². The zero-order chi connectivity index (χ0) is 25.3. The van der Waals surface area contributed by atoms with Crippen molar-refractivity contribution in [3.63, 3.8) is 0 Å². The molecule has 2 saturated heterocycles. The summed E-state index contributed by atoms with van der Waals surface area (Å²) in [5.41, 5.74) is 3.52. The third kappa shape index (κ3) is 7.28. The smallest absolute Gasteiger partial charge is 0.113 e. The molecule has 37 heavy (non-hydrogen) atoms. The minimum Gasteiger partial charge on any atom is -0.369 e. The number of likely N-dealkylation sites (tertiary alicyclic amines) is 1. The first-order valence-electron chi connectivity index (χ1n) is 13.7. The number of ether oxygens (including phenoxy) is 3. The molecule has 2 aliphatic rings. The van der Waals surface area contributed by atoms with E-state index in [0.29, 0.717) is 25.7 Å². The molecule has 0 saturated carbocycles. The van der Waals surface area contributed by atoms with E-state index in [1.807, 2.05) is 18.2 Å². The molecule has 0 radical (unpaired) electrons. The van der Waals surface area contributed by atoms with Crippen LogP contribution in [0.25, 0.3) is 0 Å². The van der Waals surface area contributed by atoms with E-state index in [1.54, 1.807) is 0 Å². The molecule has 1 N–H and O–H groups in total. The second-order valence-electron chi connectivity index (χ2n) is 10.4. The van der Waals surface area contributed by atoms with Crippen molar-refractivity contribution in [1.29, 1.82) is 0 Å². The molecule has 196 valence electrons. The van der Waals surface area contributed by atoms with Crippen LogP contribution in [0, 0.1) is 5.92 Å². The molecule has 0 amide bonds. The van der Waals surface area contributed by atoms with Crippen molar-refractivity contribution < 1.29 is 14.2 Å². The summed E-state index contributed by atoms with van der Waals surface area (Å²) in [7, 11) is 0. The largest absolute Gasteiger partial charge is 0.369 e. The van der Waals surface area contributed by atoms with Gasteiger partial charge in [-0.1, -0.05) is 91.0 Å². The fourth-order valence-corrected chi connectivity index (χ4v) is 5.53. The van der Waals surface area contributed by atoms with Crippen LogP contribution in [0.1, 0.15) is 30.0 Å². The fraction of sp³-hybridized carbons (Fsp3) is 0.438. The van der Waals surface area contributed by atoms with Crippen LogP contribution in [-0.2, 0) is 34.0 Å². The van der Waals surface area contributed by atoms with Crippen LogP contribution >= 0.6 is 0 Å². The molecule has 5 atom stereocenters. The van der Waals surface area contributed by atoms with Gasteiger partial charge in [0, 0.05) is 19.1 Å². The van der Waals surface area contributed by atoms with E-state index in [4.69, 9.17) is 14.2 Å². The average molecular weight is 501 g/mol. The van der Waals surface area contributed by atoms with Crippen molar-refractivity contribution in [3.05, 3.63) is 108 Å². The first kappa shape index (κ1) is 26.1. The van der Waals surface area contributed by atoms with E-state index in [0.717, 1.165) is 26.2 Å². The Bertz CT molecular complexity index is 1040. The summed E-state index contributed by atoms with van der Waals surface area (Å²) >= 11 is 0. The molecular weight excluding hydrogens is 460 g/mol. The van der Waals surface area contributed by atoms with Gasteiger partial charge in [0.2, 0.25) is 0 Å². The molecule has 5 heteroatoms. The van der Waals surface area contributed by atoms with Crippen molar-refractivity contribution >= 4 is 0 Å². The Balaban J connectivity index is 1.36. The van der Waals surface area contributed by atoms with Crippen LogP contribution in [-0.4, -0.2) is 55.4 Å². The van der Waals surface area contributed by atoms with Crippen LogP contribution < -0.4 is 5.32 Å². The first-order valence-corrected chi connectivity index (χ1v) is 13.7. The van der Waals surface area contributed by atoms with Crippen molar-refractivity contribution in [3.8, 4) is 0 Å². The normalized spacial score (nSPS) is 26.4. The zero-order valence-corrected chi connectivity index (χ0v) is 21.9. The topological polar surface area (TPSA) is 43.0 Å². The third-order valence-corrected chi connectivity index (χ3v) is 7.69. The third-order valence-electron chi connectivity index (χ3n) is 7.69. The van der Waals surface area contributed by atoms with E-state index in [2.05, 4.69) is 89.9 Å². The van der Waals surface area contributed by atoms with E-state index >= 15 is 0 Å². The number of hydrogen-bond donors (Lipinski definition) is 1. The van der Waals surface area contributed by atoms with Gasteiger partial charge in [0.1, 0.15) is 12.2 Å². The summed E-state index contributed by atoms with van der Waals surface area (Å²) in [5.74, 6) is 0.661. The highest BCUT2D eigenvalue weighted by atomic mass is 16.6. The van der Waals surface area contributed by atoms with Crippen molar-refractivity contribution in [2.24, 2.45) is 5.92 Å². The van der Waals surface area contributed by atoms with Crippen molar-refractivity contribution in [2.45, 2.75) is 57.5 Å². The number of rotatable bonds is 11. The Labute approximate surface area is 221 Å². The number of piperidine rings is 1. The van der Waals surface area contributed by atoms with Crippen LogP contribution in [0.2, 0.25) is 0 Å². The second kappa shape index (κ2) is 13.3. The van der Waals surface area contributed by atoms with E-state index in [-0.39, 0.29) is 24.4 Å². The molecule has 2 fully saturated rings. The van der Waals surface area contributed by atoms with Crippen LogP contribution in [0.4, 0.5) is 0 Å². The quantitative estimate of drug-likeness (QED) is 0.399. The maximum atomic E-state index is 6.70. The lowest BCUT2D eigenvalue weighted by Gasteiger charge is -2.48. The van der Waals surface area contributed by atoms with Crippen LogP contribution in [0.15, 0.2) is 91.0 Å². The molecule has 5 nitrogen and oxygen atoms in total. The highest BCUT2D eigenvalue weighted by Crippen LogP contribution is 2.29. The number of benzene rings is 3. The monoisotopic (exact) mass is 500 g/mol. The number of hydrogen-bond acceptors (Lipinski definition) is 5. The second-order valence-corrected chi connectivity index (χ2v) is 10.4. The van der Waals surface area contributed by atoms with Crippen molar-refractivity contribution in [1.82, 2.24) is 10.2 Å². The van der Waals surface area contributed by atoms with Crippen LogP contribution in [0.5, 0.6) is 0 Å². The van der Waals surface area contributed by atoms with E-state index in [9.17, 15) is 0 Å². The van der Waals surface area contributed by atoms with Gasteiger partial charge in [0.05, 0.1) is 25.9 Å². The lowest BCUT2D eigenvalue weighted by molar-refractivity contribution is -0.201. The van der Waals surface area contributed by atoms with E-state index in [1.165, 1.54) is 23.1 Å². The van der Waals surface area contributed by atoms with Gasteiger partial charge in [0.15, 0.2) is 0 Å². The van der Waals surface area contributed by atoms with Gasteiger partial charge in [-0.05, 0) is 49.0 Å². The molecular formula is C32H40N2O3. The van der Waals surface area contributed by atoms with Gasteiger partial charge in [-0.3, -0.25) is 4.90 Å². The maximum absolute atomic E-state index is 6.70. The number of nitrogens with one attached hydrogen (secondary N) is 1. The Morgan fingerprint density at radius 2 is 1.22 bits per heavy atom. The highest BCUT2D eigenvalue weighted by molar-refractivity contribution is 5.16. The summed E-state index contributed by atoms with van der Waals surface area (Å²) in [6.07, 6.45) is 0.867. The fourth-order valence-electron chi connectivity index (χ4n) is 5.53. The molecule has 0 unspecified atom stereocenters. The lowest BCUT2D eigenvalue weighted by Crippen LogP contribution is -2.63. The Morgan fingerprint density at radius 1 is 0.703 bits per heavy atom. The SMILES string of the molecule is C[C@@H]1[C@@H](OCc2ccccc2)[C@H](OCc2ccccc2)[C@@H](OCc2ccccc2)CN1C[C@@H]1CCNC1. The van der Waals surface area contributed by atoms with Gasteiger partial charge in [-0.25, -0.2) is 0 Å². The zero-order valence-electron chi connectivity index (χ0n) is 21.9. The molecule has 2 aliphatic heterocycles. The predicted octanol–water partition coefficient (Wildman–Crippen LogP) is 5.06. The molecule has 5 rings (SSSR count). The van der Waals surface area contributed by atoms with E-state index < -0.39 is 0 Å². The van der Waals surface area contributed by atoms with Gasteiger partial charge in [0.25, 0.3) is 0 Å². The maximum Gasteiger partial charge on any atom is 0.113 e. The average Bonchev–Trinajstić information content (AvgIpc) is 3.46. The Morgan fingerprint density at radius 3 is 1.73 bits per heavy atom. The standard InChI is InChI=1S/C32H40N2O3/c1-25-31(36-23-27-13-7-3-8-14-27)32(37-24-28-15-9-4-10-16-28)30(35-22-26-11-5-2-6-12-26)21-34(25)20-29-17-18-33-19-29/h2-16,25,29-33H,17-24H2,1H3/t25-,29-,30+,31-,32-/m1/s1. The molecule has 3 aromatic carbocycles. The molecule has 0 aromatic heterocycles. The molecule has 0 bridgehead atoms. The lowest BCUT2D eigenvalue weighted by atomic mass is 9.92. The molecule has 0 aliphatic carbocycles. The minimum absolute atomic E-state index is 0.0877. The Kier molecular flexibility index (Phi) is 9.38. The summed E-state index contributed by atoms with van der Waals surface area (Å²) < 4.78 is 20.0. The molecule has 0 spiro atoms. The molecule has 2 heterocycles. The number of nitrogens with zero attached hydrogens (tertiary/aromatic N) is 1. The van der Waals surface area contributed by atoms with Gasteiger partial charge in [-0.2, -0.15) is 0 Å². The molecule has 3 aromatic rings. The predicted molar refractivity (Wildman–Crippen MR) is 147 cm³/mol. The van der Waals surface area contributed by atoms with Gasteiger partial charge >= 0.3 is 0 Å². The summed E-state index contributed by atoms with van der Waals surface area (Å²) in [6.45, 7) is 8.05. The highest BCUT2D eigenvalue weighted by Gasteiger charge is 2.44.